The number of dihydropyridines is 1. The van der Waals surface area contributed by atoms with Crippen LogP contribution in [0.5, 0.6) is 0 Å². The van der Waals surface area contributed by atoms with Gasteiger partial charge in [-0.05, 0) is 42.5 Å². The Morgan fingerprint density at radius 2 is 1.74 bits per heavy atom. The van der Waals surface area contributed by atoms with E-state index in [4.69, 9.17) is 0 Å². The molecule has 124 valence electrons. The summed E-state index contributed by atoms with van der Waals surface area (Å²) in [5.41, 5.74) is 2.32. The predicted octanol–water partition coefficient (Wildman–Crippen LogP) is 4.94. The van der Waals surface area contributed by atoms with Crippen LogP contribution in [0, 0.1) is 0 Å². The molecule has 1 unspecified atom stereocenters. The lowest BCUT2D eigenvalue weighted by molar-refractivity contribution is -0.138. The van der Waals surface area contributed by atoms with E-state index in [1.165, 1.54) is 12.1 Å². The summed E-state index contributed by atoms with van der Waals surface area (Å²) in [5.74, 6) is -0.510. The van der Waals surface area contributed by atoms with Crippen molar-refractivity contribution in [1.29, 1.82) is 0 Å². The molecule has 1 aliphatic heterocycles. The van der Waals surface area contributed by atoms with E-state index < -0.39 is 17.7 Å². The molecule has 5 heteroatoms. The number of allylic oxidation sites excluding steroid dienone is 4. The van der Waals surface area contributed by atoms with Crippen molar-refractivity contribution in [2.75, 3.05) is 0 Å². The fraction of sp³-hybridized carbons (Fsp3) is 0.389. The van der Waals surface area contributed by atoms with Crippen LogP contribution in [0.3, 0.4) is 0 Å². The highest BCUT2D eigenvalue weighted by Crippen LogP contribution is 2.45. The van der Waals surface area contributed by atoms with Crippen LogP contribution >= 0.6 is 0 Å². The lowest BCUT2D eigenvalue weighted by Gasteiger charge is -2.33. The molecule has 2 nitrogen and oxygen atoms in total. The number of nitrogens with one attached hydrogen (secondary N) is 1. The Labute approximate surface area is 134 Å². The summed E-state index contributed by atoms with van der Waals surface area (Å²) in [6.45, 7) is 5.58. The number of hydrogen-bond acceptors (Lipinski definition) is 2. The highest BCUT2D eigenvalue weighted by molar-refractivity contribution is 5.76. The smallest absolute Gasteiger partial charge is 0.357 e. The minimum absolute atomic E-state index is 0.217. The molecule has 1 aromatic carbocycles. The summed E-state index contributed by atoms with van der Waals surface area (Å²) in [7, 11) is 0. The average Bonchev–Trinajstić information content (AvgIpc) is 2.52. The van der Waals surface area contributed by atoms with Crippen molar-refractivity contribution in [3.8, 4) is 0 Å². The second kappa shape index (κ2) is 6.60. The molecule has 1 atom stereocenters. The second-order valence-corrected chi connectivity index (χ2v) is 5.56. The number of halogens is 3. The topological polar surface area (TPSA) is 29.1 Å². The molecule has 2 rings (SSSR count). The van der Waals surface area contributed by atoms with Crippen molar-refractivity contribution in [1.82, 2.24) is 5.32 Å². The number of carbonyl (C=O) groups excluding carboxylic acids is 1. The highest BCUT2D eigenvalue weighted by Gasteiger charge is 2.38. The Kier molecular flexibility index (Phi) is 4.97. The summed E-state index contributed by atoms with van der Waals surface area (Å²) >= 11 is 0. The van der Waals surface area contributed by atoms with E-state index in [1.807, 2.05) is 13.8 Å². The maximum atomic E-state index is 13.4. The van der Waals surface area contributed by atoms with E-state index in [-0.39, 0.29) is 5.56 Å². The largest absolute Gasteiger partial charge is 0.416 e. The van der Waals surface area contributed by atoms with Gasteiger partial charge in [0.05, 0.1) is 11.3 Å². The van der Waals surface area contributed by atoms with Gasteiger partial charge in [-0.2, -0.15) is 13.2 Å². The van der Waals surface area contributed by atoms with E-state index >= 15 is 0 Å². The first-order chi connectivity index (χ1) is 10.8. The minimum Gasteiger partial charge on any atom is -0.357 e. The first-order valence-electron chi connectivity index (χ1n) is 7.66. The van der Waals surface area contributed by atoms with Crippen LogP contribution in [0.15, 0.2) is 46.8 Å². The summed E-state index contributed by atoms with van der Waals surface area (Å²) in [6.07, 6.45) is -2.60. The lowest BCUT2D eigenvalue weighted by Crippen LogP contribution is -2.27. The number of carbonyl (C=O) groups is 1. The summed E-state index contributed by atoms with van der Waals surface area (Å²) in [5, 5.41) is 3.04. The van der Waals surface area contributed by atoms with Crippen molar-refractivity contribution >= 4 is 6.29 Å². The third kappa shape index (κ3) is 3.19. The molecule has 0 aromatic heterocycles. The number of aldehydes is 1. The second-order valence-electron chi connectivity index (χ2n) is 5.56. The maximum absolute atomic E-state index is 13.4. The fourth-order valence-corrected chi connectivity index (χ4v) is 3.30. The zero-order chi connectivity index (χ0) is 17.2. The molecule has 1 aliphatic rings. The van der Waals surface area contributed by atoms with Gasteiger partial charge in [0.15, 0.2) is 6.29 Å². The quantitative estimate of drug-likeness (QED) is 0.795. The van der Waals surface area contributed by atoms with Crippen molar-refractivity contribution in [3.63, 3.8) is 0 Å². The molecule has 0 spiro atoms. The van der Waals surface area contributed by atoms with Gasteiger partial charge >= 0.3 is 6.18 Å². The van der Waals surface area contributed by atoms with Crippen LogP contribution in [-0.2, 0) is 11.0 Å². The first kappa shape index (κ1) is 17.3. The molecule has 0 saturated heterocycles. The molecule has 0 fully saturated rings. The molecule has 0 bridgehead atoms. The number of benzene rings is 1. The molecule has 1 N–H and O–H groups in total. The van der Waals surface area contributed by atoms with Gasteiger partial charge in [0.2, 0.25) is 0 Å². The van der Waals surface area contributed by atoms with Gasteiger partial charge in [0.25, 0.3) is 0 Å². The van der Waals surface area contributed by atoms with Crippen LogP contribution in [-0.4, -0.2) is 6.29 Å². The van der Waals surface area contributed by atoms with Crippen molar-refractivity contribution in [3.05, 3.63) is 57.9 Å². The average molecular weight is 323 g/mol. The summed E-state index contributed by atoms with van der Waals surface area (Å²) in [6, 6.07) is 5.63. The fourth-order valence-electron chi connectivity index (χ4n) is 3.30. The van der Waals surface area contributed by atoms with E-state index in [0.29, 0.717) is 30.4 Å². The van der Waals surface area contributed by atoms with Gasteiger partial charge in [0.1, 0.15) is 0 Å². The molecule has 0 saturated carbocycles. The van der Waals surface area contributed by atoms with Gasteiger partial charge in [-0.25, -0.2) is 0 Å². The van der Waals surface area contributed by atoms with E-state index in [9.17, 15) is 18.0 Å². The van der Waals surface area contributed by atoms with Crippen LogP contribution in [0.25, 0.3) is 0 Å². The van der Waals surface area contributed by atoms with E-state index in [1.54, 1.807) is 13.0 Å². The molecule has 1 aromatic rings. The molecular weight excluding hydrogens is 303 g/mol. The summed E-state index contributed by atoms with van der Waals surface area (Å²) in [4.78, 5) is 11.4. The Morgan fingerprint density at radius 3 is 2.26 bits per heavy atom. The Morgan fingerprint density at radius 1 is 1.13 bits per heavy atom. The Hall–Kier alpha value is -2.04. The number of hydrogen-bond donors (Lipinski definition) is 1. The van der Waals surface area contributed by atoms with Gasteiger partial charge < -0.3 is 5.32 Å². The van der Waals surface area contributed by atoms with Gasteiger partial charge in [-0.3, -0.25) is 4.79 Å². The molecule has 0 aliphatic carbocycles. The molecule has 0 radical (unpaired) electrons. The Bertz CT molecular complexity index is 671. The Balaban J connectivity index is 2.73. The zero-order valence-electron chi connectivity index (χ0n) is 13.4. The SMILES string of the molecule is CCC1=C(C)NC(C=O)=C(CC)C1c1ccccc1C(F)(F)F. The van der Waals surface area contributed by atoms with Gasteiger partial charge in [-0.15, -0.1) is 0 Å². The monoisotopic (exact) mass is 323 g/mol. The highest BCUT2D eigenvalue weighted by atomic mass is 19.4. The van der Waals surface area contributed by atoms with Crippen molar-refractivity contribution in [2.45, 2.75) is 45.7 Å². The third-order valence-electron chi connectivity index (χ3n) is 4.30. The number of rotatable bonds is 4. The molecular formula is C18H20F3NO. The maximum Gasteiger partial charge on any atom is 0.416 e. The zero-order valence-corrected chi connectivity index (χ0v) is 13.4. The molecule has 23 heavy (non-hydrogen) atoms. The molecule has 0 amide bonds. The normalized spacial score (nSPS) is 19.0. The standard InChI is InChI=1S/C18H20F3NO/c1-4-12-11(3)22-16(10-23)13(5-2)17(12)14-8-6-7-9-15(14)18(19,20)21/h6-10,17,22H,4-5H2,1-3H3. The van der Waals surface area contributed by atoms with Crippen LogP contribution in [0.4, 0.5) is 13.2 Å². The van der Waals surface area contributed by atoms with Crippen LogP contribution in [0.1, 0.15) is 50.7 Å². The number of alkyl halides is 3. The van der Waals surface area contributed by atoms with Crippen LogP contribution in [0.2, 0.25) is 0 Å². The van der Waals surface area contributed by atoms with Crippen LogP contribution < -0.4 is 5.32 Å². The first-order valence-corrected chi connectivity index (χ1v) is 7.66. The molecule has 1 heterocycles. The predicted molar refractivity (Wildman–Crippen MR) is 83.7 cm³/mol. The van der Waals surface area contributed by atoms with Crippen molar-refractivity contribution in [2.24, 2.45) is 0 Å². The van der Waals surface area contributed by atoms with E-state index in [0.717, 1.165) is 17.3 Å². The lowest BCUT2D eigenvalue weighted by atomic mass is 9.77. The minimum atomic E-state index is -4.42. The third-order valence-corrected chi connectivity index (χ3v) is 4.30. The van der Waals surface area contributed by atoms with Gasteiger partial charge in [-0.1, -0.05) is 32.0 Å². The summed E-state index contributed by atoms with van der Waals surface area (Å²) < 4.78 is 40.3. The van der Waals surface area contributed by atoms with Gasteiger partial charge in [0, 0.05) is 11.6 Å². The van der Waals surface area contributed by atoms with E-state index in [2.05, 4.69) is 5.32 Å². The van der Waals surface area contributed by atoms with Crippen molar-refractivity contribution < 1.29 is 18.0 Å².